The highest BCUT2D eigenvalue weighted by molar-refractivity contribution is 9.10. The summed E-state index contributed by atoms with van der Waals surface area (Å²) in [6, 6.07) is 13.6. The van der Waals surface area contributed by atoms with Crippen molar-refractivity contribution >= 4 is 39.4 Å². The molecule has 0 radical (unpaired) electrons. The van der Waals surface area contributed by atoms with E-state index in [9.17, 15) is 4.79 Å². The third kappa shape index (κ3) is 4.43. The first-order valence-corrected chi connectivity index (χ1v) is 9.49. The first kappa shape index (κ1) is 18.5. The fourth-order valence-corrected chi connectivity index (χ4v) is 3.75. The van der Waals surface area contributed by atoms with Gasteiger partial charge in [-0.1, -0.05) is 6.07 Å². The summed E-state index contributed by atoms with van der Waals surface area (Å²) in [7, 11) is 3.98. The predicted molar refractivity (Wildman–Crippen MR) is 111 cm³/mol. The summed E-state index contributed by atoms with van der Waals surface area (Å²) in [5.74, 6) is -0.210. The van der Waals surface area contributed by atoms with Crippen molar-refractivity contribution in [1.82, 2.24) is 5.43 Å². The maximum atomic E-state index is 12.2. The van der Waals surface area contributed by atoms with Crippen molar-refractivity contribution in [3.8, 4) is 0 Å². The third-order valence-electron chi connectivity index (χ3n) is 4.43. The second kappa shape index (κ2) is 8.36. The third-order valence-corrected chi connectivity index (χ3v) is 5.07. The Balaban J connectivity index is 1.59. The molecule has 2 aromatic carbocycles. The van der Waals surface area contributed by atoms with Crippen LogP contribution in [0.15, 0.2) is 52.0 Å². The average Bonchev–Trinajstić information content (AvgIpc) is 3.16. The van der Waals surface area contributed by atoms with E-state index in [2.05, 4.69) is 31.4 Å². The Morgan fingerprint density at radius 1 is 1.15 bits per heavy atom. The summed E-state index contributed by atoms with van der Waals surface area (Å²) >= 11 is 3.55. The minimum atomic E-state index is -0.210. The molecular weight excluding hydrogens is 392 g/mol. The molecule has 0 saturated carbocycles. The van der Waals surface area contributed by atoms with Crippen LogP contribution >= 0.6 is 15.9 Å². The number of halogens is 1. The Kier molecular flexibility index (Phi) is 5.93. The molecule has 0 spiro atoms. The van der Waals surface area contributed by atoms with Crippen LogP contribution in [0.25, 0.3) is 0 Å². The summed E-state index contributed by atoms with van der Waals surface area (Å²) in [5.41, 5.74) is 6.36. The zero-order valence-electron chi connectivity index (χ0n) is 15.1. The van der Waals surface area contributed by atoms with E-state index in [1.165, 1.54) is 18.5 Å². The van der Waals surface area contributed by atoms with Gasteiger partial charge in [0, 0.05) is 42.9 Å². The summed E-state index contributed by atoms with van der Waals surface area (Å²) in [5, 5.41) is 4.06. The molecule has 1 saturated heterocycles. The summed E-state index contributed by atoms with van der Waals surface area (Å²) in [6.45, 7) is 2.19. The van der Waals surface area contributed by atoms with Crippen molar-refractivity contribution < 1.29 is 4.79 Å². The first-order chi connectivity index (χ1) is 12.5. The molecule has 1 fully saturated rings. The zero-order valence-corrected chi connectivity index (χ0v) is 16.7. The van der Waals surface area contributed by atoms with Crippen LogP contribution < -0.4 is 15.2 Å². The SMILES string of the molecule is CN(C)c1ccc(/C=N\NC(=O)c2ccc(N3CCCC3)cc2)cc1Br. The predicted octanol–water partition coefficient (Wildman–Crippen LogP) is 3.88. The number of anilines is 2. The summed E-state index contributed by atoms with van der Waals surface area (Å²) in [6.07, 6.45) is 4.12. The van der Waals surface area contributed by atoms with Crippen LogP contribution in [0.1, 0.15) is 28.8 Å². The molecule has 0 aromatic heterocycles. The molecule has 0 aliphatic carbocycles. The number of hydrogen-bond donors (Lipinski definition) is 1. The lowest BCUT2D eigenvalue weighted by atomic mass is 10.2. The molecule has 1 aliphatic heterocycles. The van der Waals surface area contributed by atoms with Crippen molar-refractivity contribution in [2.45, 2.75) is 12.8 Å². The second-order valence-corrected chi connectivity index (χ2v) is 7.40. The Hall–Kier alpha value is -2.34. The van der Waals surface area contributed by atoms with Crippen molar-refractivity contribution in [3.63, 3.8) is 0 Å². The topological polar surface area (TPSA) is 47.9 Å². The summed E-state index contributed by atoms with van der Waals surface area (Å²) < 4.78 is 0.982. The zero-order chi connectivity index (χ0) is 18.5. The van der Waals surface area contributed by atoms with Gasteiger partial charge in [0.25, 0.3) is 5.91 Å². The van der Waals surface area contributed by atoms with Gasteiger partial charge in [-0.05, 0) is 70.7 Å². The van der Waals surface area contributed by atoms with Crippen LogP contribution in [0.5, 0.6) is 0 Å². The molecular formula is C20H23BrN4O. The molecule has 0 unspecified atom stereocenters. The molecule has 2 aromatic rings. The van der Waals surface area contributed by atoms with Crippen molar-refractivity contribution in [1.29, 1.82) is 0 Å². The van der Waals surface area contributed by atoms with Gasteiger partial charge >= 0.3 is 0 Å². The number of carbonyl (C=O) groups excluding carboxylic acids is 1. The molecule has 6 heteroatoms. The van der Waals surface area contributed by atoms with Crippen LogP contribution in [0.4, 0.5) is 11.4 Å². The Labute approximate surface area is 162 Å². The fourth-order valence-electron chi connectivity index (χ4n) is 3.00. The van der Waals surface area contributed by atoms with Crippen LogP contribution in [0.2, 0.25) is 0 Å². The van der Waals surface area contributed by atoms with Gasteiger partial charge in [-0.25, -0.2) is 5.43 Å². The molecule has 1 aliphatic rings. The largest absolute Gasteiger partial charge is 0.377 e. The molecule has 0 atom stereocenters. The quantitative estimate of drug-likeness (QED) is 0.596. The second-order valence-electron chi connectivity index (χ2n) is 6.55. The standard InChI is InChI=1S/C20H23BrN4O/c1-24(2)19-10-5-15(13-18(19)21)14-22-23-20(26)16-6-8-17(9-7-16)25-11-3-4-12-25/h5-10,13-14H,3-4,11-12H2,1-2H3,(H,23,26)/b22-14-. The monoisotopic (exact) mass is 414 g/mol. The highest BCUT2D eigenvalue weighted by Gasteiger charge is 2.12. The van der Waals surface area contributed by atoms with E-state index in [-0.39, 0.29) is 5.91 Å². The maximum absolute atomic E-state index is 12.2. The van der Waals surface area contributed by atoms with Gasteiger partial charge in [-0.3, -0.25) is 4.79 Å². The molecule has 1 N–H and O–H groups in total. The van der Waals surface area contributed by atoms with Crippen LogP contribution in [0.3, 0.4) is 0 Å². The smallest absolute Gasteiger partial charge is 0.271 e. The van der Waals surface area contributed by atoms with Crippen LogP contribution in [-0.4, -0.2) is 39.3 Å². The molecule has 3 rings (SSSR count). The number of hydrogen-bond acceptors (Lipinski definition) is 4. The lowest BCUT2D eigenvalue weighted by Gasteiger charge is -2.17. The van der Waals surface area contributed by atoms with Crippen molar-refractivity contribution in [3.05, 3.63) is 58.1 Å². The molecule has 0 bridgehead atoms. The van der Waals surface area contributed by atoms with E-state index in [4.69, 9.17) is 0 Å². The van der Waals surface area contributed by atoms with E-state index >= 15 is 0 Å². The first-order valence-electron chi connectivity index (χ1n) is 8.70. The highest BCUT2D eigenvalue weighted by Crippen LogP contribution is 2.25. The maximum Gasteiger partial charge on any atom is 0.271 e. The Morgan fingerprint density at radius 3 is 2.46 bits per heavy atom. The van der Waals surface area contributed by atoms with E-state index < -0.39 is 0 Å². The van der Waals surface area contributed by atoms with Gasteiger partial charge in [0.1, 0.15) is 0 Å². The molecule has 26 heavy (non-hydrogen) atoms. The Bertz CT molecular complexity index is 796. The van der Waals surface area contributed by atoms with Crippen molar-refractivity contribution in [2.75, 3.05) is 37.0 Å². The number of benzene rings is 2. The molecule has 1 heterocycles. The van der Waals surface area contributed by atoms with E-state index in [1.807, 2.05) is 61.5 Å². The van der Waals surface area contributed by atoms with Gasteiger partial charge in [0.05, 0.1) is 11.9 Å². The normalized spacial score (nSPS) is 14.0. The molecule has 1 amide bonds. The lowest BCUT2D eigenvalue weighted by Crippen LogP contribution is -2.19. The lowest BCUT2D eigenvalue weighted by molar-refractivity contribution is 0.0955. The molecule has 5 nitrogen and oxygen atoms in total. The summed E-state index contributed by atoms with van der Waals surface area (Å²) in [4.78, 5) is 16.6. The van der Waals surface area contributed by atoms with E-state index in [1.54, 1.807) is 6.21 Å². The van der Waals surface area contributed by atoms with Gasteiger partial charge in [0.2, 0.25) is 0 Å². The van der Waals surface area contributed by atoms with E-state index in [0.29, 0.717) is 5.56 Å². The number of hydrazone groups is 1. The Morgan fingerprint density at radius 2 is 1.85 bits per heavy atom. The van der Waals surface area contributed by atoms with Gasteiger partial charge < -0.3 is 9.80 Å². The average molecular weight is 415 g/mol. The minimum Gasteiger partial charge on any atom is -0.377 e. The number of nitrogens with zero attached hydrogens (tertiary/aromatic N) is 3. The number of rotatable bonds is 5. The van der Waals surface area contributed by atoms with Crippen molar-refractivity contribution in [2.24, 2.45) is 5.10 Å². The highest BCUT2D eigenvalue weighted by atomic mass is 79.9. The van der Waals surface area contributed by atoms with Gasteiger partial charge in [-0.2, -0.15) is 5.10 Å². The molecule has 136 valence electrons. The number of carbonyl (C=O) groups is 1. The number of amides is 1. The van der Waals surface area contributed by atoms with E-state index in [0.717, 1.165) is 28.8 Å². The van der Waals surface area contributed by atoms with Gasteiger partial charge in [0.15, 0.2) is 0 Å². The van der Waals surface area contributed by atoms with Crippen LogP contribution in [0, 0.1) is 0 Å². The number of nitrogens with one attached hydrogen (secondary N) is 1. The minimum absolute atomic E-state index is 0.210. The van der Waals surface area contributed by atoms with Gasteiger partial charge in [-0.15, -0.1) is 0 Å². The van der Waals surface area contributed by atoms with Crippen LogP contribution in [-0.2, 0) is 0 Å². The fraction of sp³-hybridized carbons (Fsp3) is 0.300.